The molecule has 0 N–H and O–H groups in total. The molecule has 1 aliphatic rings. The third-order valence-corrected chi connectivity index (χ3v) is 30.5. The Bertz CT molecular complexity index is 9950. The summed E-state index contributed by atoms with van der Waals surface area (Å²) < 4.78 is 12.6. The van der Waals surface area contributed by atoms with Crippen LogP contribution in [0.1, 0.15) is 25.0 Å². The zero-order chi connectivity index (χ0) is 99.7. The normalized spacial score (nSPS) is 12.0. The molecule has 0 saturated carbocycles. The minimum atomic E-state index is -0.0981. The fourth-order valence-electron chi connectivity index (χ4n) is 23.1. The van der Waals surface area contributed by atoms with Crippen molar-refractivity contribution in [1.29, 1.82) is 0 Å². The van der Waals surface area contributed by atoms with Crippen molar-refractivity contribution in [2.75, 3.05) is 14.7 Å². The van der Waals surface area contributed by atoms with Crippen molar-refractivity contribution in [3.05, 3.63) is 575 Å². The lowest BCUT2D eigenvalue weighted by molar-refractivity contribution is 0.660. The largest absolute Gasteiger partial charge is 0.456 e. The van der Waals surface area contributed by atoms with Gasteiger partial charge < -0.3 is 23.5 Å². The molecule has 0 bridgehead atoms. The van der Waals surface area contributed by atoms with Crippen molar-refractivity contribution in [2.45, 2.75) is 19.3 Å². The van der Waals surface area contributed by atoms with Crippen LogP contribution >= 0.6 is 0 Å². The molecule has 29 rings (SSSR count). The topological polar surface area (TPSA) is 36.0 Å². The molecule has 0 spiro atoms. The van der Waals surface area contributed by atoms with Gasteiger partial charge in [0.25, 0.3) is 0 Å². The van der Waals surface area contributed by atoms with E-state index >= 15 is 0 Å². The highest BCUT2D eigenvalue weighted by molar-refractivity contribution is 6.19. The van der Waals surface area contributed by atoms with Gasteiger partial charge in [0.05, 0.1) is 0 Å². The Morgan fingerprint density at radius 2 is 0.453 bits per heavy atom. The summed E-state index contributed by atoms with van der Waals surface area (Å²) in [6, 6.07) is 204. The highest BCUT2D eigenvalue weighted by atomic mass is 16.3. The van der Waals surface area contributed by atoms with Gasteiger partial charge in [0.2, 0.25) is 0 Å². The first kappa shape index (κ1) is 89.4. The smallest absolute Gasteiger partial charge is 0.137 e. The minimum Gasteiger partial charge on any atom is -0.456 e. The molecule has 5 nitrogen and oxygen atoms in total. The van der Waals surface area contributed by atoms with Gasteiger partial charge in [0, 0.05) is 84.2 Å². The minimum absolute atomic E-state index is 0.0981. The van der Waals surface area contributed by atoms with Crippen LogP contribution in [-0.2, 0) is 5.41 Å². The van der Waals surface area contributed by atoms with E-state index in [2.05, 4.69) is 568 Å². The van der Waals surface area contributed by atoms with Crippen LogP contribution in [0.5, 0.6) is 0 Å². The molecule has 0 unspecified atom stereocenters. The van der Waals surface area contributed by atoms with Gasteiger partial charge in [-0.1, -0.05) is 414 Å². The fourth-order valence-corrected chi connectivity index (χ4v) is 23.1. The van der Waals surface area contributed by atoms with Crippen LogP contribution in [0.4, 0.5) is 51.2 Å². The maximum Gasteiger partial charge on any atom is 0.137 e. The zero-order valence-electron chi connectivity index (χ0n) is 82.9. The van der Waals surface area contributed by atoms with E-state index in [-0.39, 0.29) is 5.41 Å². The Kier molecular flexibility index (Phi) is 22.6. The van der Waals surface area contributed by atoms with E-state index in [9.17, 15) is 0 Å². The third-order valence-electron chi connectivity index (χ3n) is 30.5. The van der Waals surface area contributed by atoms with E-state index in [1.807, 2.05) is 24.3 Å². The summed E-state index contributed by atoms with van der Waals surface area (Å²) in [4.78, 5) is 7.12. The van der Waals surface area contributed by atoms with E-state index in [1.165, 1.54) is 176 Å². The Hall–Kier alpha value is -19.5. The average molecular weight is 1920 g/mol. The van der Waals surface area contributed by atoms with Gasteiger partial charge in [0.15, 0.2) is 0 Å². The summed E-state index contributed by atoms with van der Waals surface area (Å²) in [6.07, 6.45) is 0. The molecule has 2 aromatic heterocycles. The Morgan fingerprint density at radius 3 is 1.05 bits per heavy atom. The van der Waals surface area contributed by atoms with Crippen LogP contribution in [0.3, 0.4) is 0 Å². The summed E-state index contributed by atoms with van der Waals surface area (Å²) in [7, 11) is 0. The van der Waals surface area contributed by atoms with E-state index in [0.717, 1.165) is 95.1 Å². The third kappa shape index (κ3) is 16.4. The molecular weight excluding hydrogens is 1820 g/mol. The molecule has 28 aromatic rings. The first-order valence-corrected chi connectivity index (χ1v) is 51.6. The van der Waals surface area contributed by atoms with Crippen molar-refractivity contribution in [3.8, 4) is 89.0 Å². The van der Waals surface area contributed by atoms with Crippen molar-refractivity contribution < 1.29 is 8.83 Å². The first-order valence-electron chi connectivity index (χ1n) is 51.6. The monoisotopic (exact) mass is 1910 g/mol. The number of benzene rings is 26. The summed E-state index contributed by atoms with van der Waals surface area (Å²) in [6.45, 7) is 4.72. The van der Waals surface area contributed by atoms with Gasteiger partial charge in [-0.05, 0) is 333 Å². The van der Waals surface area contributed by atoms with Crippen LogP contribution in [0, 0.1) is 0 Å². The quantitative estimate of drug-likeness (QED) is 0.0901. The average Bonchev–Trinajstić information content (AvgIpc) is 1.67. The number of fused-ring (bicyclic) bond motifs is 19. The van der Waals surface area contributed by atoms with Gasteiger partial charge in [-0.25, -0.2) is 0 Å². The van der Waals surface area contributed by atoms with E-state index in [4.69, 9.17) is 8.83 Å². The summed E-state index contributed by atoms with van der Waals surface area (Å²) in [5, 5.41) is 21.9. The molecule has 5 heteroatoms. The zero-order valence-corrected chi connectivity index (χ0v) is 82.9. The number of para-hydroxylation sites is 2. The van der Waals surface area contributed by atoms with Gasteiger partial charge in [0.1, 0.15) is 22.3 Å². The van der Waals surface area contributed by atoms with Gasteiger partial charge in [-0.3, -0.25) is 0 Å². The van der Waals surface area contributed by atoms with Crippen molar-refractivity contribution in [1.82, 2.24) is 0 Å². The number of hydrogen-bond donors (Lipinski definition) is 0. The Labute approximate surface area is 871 Å². The summed E-state index contributed by atoms with van der Waals surface area (Å²) in [5.41, 5.74) is 35.7. The number of hydrogen-bond acceptors (Lipinski definition) is 5. The SMILES string of the molecule is CC1(C)c2ccccc2-c2ccc(N(c3ccc(-c4ccccc4)cc3)c3ccc4c(-c5ccc6ccccc6c5)cc5ccccc5c4c3)cc21.c1ccc(-c2cc3cc(N(c4ccc5c(c4)oc4ccccc45)c4ccc5oc6ccccc6c5c4)ccc3c3ccccc23)cc1.c1ccc(-c2ccc(N(c3ccc(-c4ccccc4)cc3)c3cccc(-c4cc5cc(-c6ccccc6)ccc5c5ccccc45)c3)cc2)cc1. The predicted molar refractivity (Wildman–Crippen MR) is 636 cm³/mol. The van der Waals surface area contributed by atoms with Crippen LogP contribution in [0.2, 0.25) is 0 Å². The van der Waals surface area contributed by atoms with Gasteiger partial charge in [-0.15, -0.1) is 0 Å². The van der Waals surface area contributed by atoms with Crippen molar-refractivity contribution in [3.63, 3.8) is 0 Å². The molecular formula is C145H99N3O2. The van der Waals surface area contributed by atoms with Crippen LogP contribution < -0.4 is 14.7 Å². The summed E-state index contributed by atoms with van der Waals surface area (Å²) in [5.74, 6) is 0. The molecule has 150 heavy (non-hydrogen) atoms. The number of anilines is 9. The van der Waals surface area contributed by atoms with E-state index in [0.29, 0.717) is 0 Å². The number of furan rings is 2. The van der Waals surface area contributed by atoms with Gasteiger partial charge >= 0.3 is 0 Å². The predicted octanol–water partition coefficient (Wildman–Crippen LogP) is 41.3. The fraction of sp³-hybridized carbons (Fsp3) is 0.0207. The van der Waals surface area contributed by atoms with Crippen LogP contribution in [-0.4, -0.2) is 0 Å². The second kappa shape index (κ2) is 37.9. The maximum absolute atomic E-state index is 6.37. The highest BCUT2D eigenvalue weighted by Crippen LogP contribution is 2.54. The molecule has 0 atom stereocenters. The molecule has 2 heterocycles. The molecule has 0 aliphatic heterocycles. The maximum atomic E-state index is 6.37. The summed E-state index contributed by atoms with van der Waals surface area (Å²) >= 11 is 0. The van der Waals surface area contributed by atoms with E-state index < -0.39 is 0 Å². The van der Waals surface area contributed by atoms with Crippen molar-refractivity contribution in [2.24, 2.45) is 0 Å². The Morgan fingerprint density at radius 1 is 0.133 bits per heavy atom. The van der Waals surface area contributed by atoms with Gasteiger partial charge in [-0.2, -0.15) is 0 Å². The number of nitrogens with zero attached hydrogens (tertiary/aromatic N) is 3. The molecule has 706 valence electrons. The number of rotatable bonds is 16. The molecule has 26 aromatic carbocycles. The molecule has 0 amide bonds. The highest BCUT2D eigenvalue weighted by Gasteiger charge is 2.36. The van der Waals surface area contributed by atoms with Crippen LogP contribution in [0.25, 0.3) is 208 Å². The lowest BCUT2D eigenvalue weighted by Gasteiger charge is -2.29. The van der Waals surface area contributed by atoms with Crippen LogP contribution in [0.15, 0.2) is 573 Å². The second-order valence-corrected chi connectivity index (χ2v) is 39.7. The Balaban J connectivity index is 0.000000111. The second-order valence-electron chi connectivity index (χ2n) is 39.7. The lowest BCUT2D eigenvalue weighted by atomic mass is 9.82. The standard InChI is InChI=1S/C51H37N.C50H35N.C44H27NO2/c1-51(2)49-19-11-10-18-45(49)46-29-27-42(33-50(46)51)52(40-24-22-36(23-25-40)34-12-4-3-5-13-34)41-26-28-44-47(31-38-16-8-9-17-43(38)48(44)32-41)39-21-20-35-14-6-7-15-37(35)30-39;1-4-13-36(14-5-1)39-23-28-44(29-24-39)51(45-30-25-40(26-31-45)37-15-6-2-7-16-37)46-20-12-19-42(34-46)50-35-43-33-41(38-17-8-3-9-18-38)27-32-47(43)48-21-10-11-22-49(48)50;1-2-10-28(11-3-1)39-25-29-24-30(18-21-33(29)34-12-4-5-13-35(34)39)45(31-20-23-43-40(26-31)37-15-7-9-17-42(37)46-43)32-19-22-38-36-14-6-8-16-41(36)47-44(38)27-32/h3-33H,1-2H3;1-35H;1-27H. The lowest BCUT2D eigenvalue weighted by Crippen LogP contribution is -2.16. The molecule has 1 aliphatic carbocycles. The molecule has 0 radical (unpaired) electrons. The molecule has 0 fully saturated rings. The molecule has 0 saturated heterocycles. The first-order chi connectivity index (χ1) is 74.1. The van der Waals surface area contributed by atoms with E-state index in [1.54, 1.807) is 0 Å². The van der Waals surface area contributed by atoms with Crippen molar-refractivity contribution >= 4 is 170 Å².